The third-order valence-electron chi connectivity index (χ3n) is 5.88. The molecule has 28 heavy (non-hydrogen) atoms. The van der Waals surface area contributed by atoms with Crippen molar-refractivity contribution in [2.24, 2.45) is 5.73 Å². The summed E-state index contributed by atoms with van der Waals surface area (Å²) in [6.45, 7) is 4.53. The first kappa shape index (κ1) is 20.8. The van der Waals surface area contributed by atoms with E-state index in [0.29, 0.717) is 17.9 Å². The molecular weight excluding hydrogens is 379 g/mol. The van der Waals surface area contributed by atoms with Gasteiger partial charge in [0.15, 0.2) is 5.69 Å². The first-order chi connectivity index (χ1) is 13.0. The zero-order chi connectivity index (χ0) is 19.1. The van der Waals surface area contributed by atoms with Crippen LogP contribution in [0.1, 0.15) is 59.9 Å². The van der Waals surface area contributed by atoms with Crippen LogP contribution in [0.2, 0.25) is 0 Å². The first-order valence-electron chi connectivity index (χ1n) is 9.91. The Hall–Kier alpha value is -1.92. The van der Waals surface area contributed by atoms with Crippen LogP contribution in [0.25, 0.3) is 5.69 Å². The highest BCUT2D eigenvalue weighted by molar-refractivity contribution is 5.94. The van der Waals surface area contributed by atoms with Gasteiger partial charge in [-0.1, -0.05) is 6.07 Å². The normalized spacial score (nSPS) is 19.9. The number of aromatic nitrogens is 2. The lowest BCUT2D eigenvalue weighted by molar-refractivity contribution is 0.0576. The Kier molecular flexibility index (Phi) is 6.10. The smallest absolute Gasteiger partial charge is 0.274 e. The van der Waals surface area contributed by atoms with Crippen LogP contribution in [0.15, 0.2) is 18.2 Å². The van der Waals surface area contributed by atoms with Gasteiger partial charge < -0.3 is 10.6 Å². The van der Waals surface area contributed by atoms with E-state index in [1.165, 1.54) is 6.07 Å². The predicted molar refractivity (Wildman–Crippen MR) is 110 cm³/mol. The lowest BCUT2D eigenvalue weighted by atomic mass is 9.96. The molecule has 4 rings (SSSR count). The number of amides is 1. The minimum absolute atomic E-state index is 0. The monoisotopic (exact) mass is 406 g/mol. The van der Waals surface area contributed by atoms with Crippen LogP contribution in [0.4, 0.5) is 4.39 Å². The highest BCUT2D eigenvalue weighted by atomic mass is 35.5. The van der Waals surface area contributed by atoms with E-state index in [0.717, 1.165) is 55.3 Å². The van der Waals surface area contributed by atoms with Crippen molar-refractivity contribution in [3.05, 3.63) is 46.5 Å². The highest BCUT2D eigenvalue weighted by Gasteiger charge is 2.35. The van der Waals surface area contributed by atoms with Gasteiger partial charge in [0.05, 0.1) is 0 Å². The van der Waals surface area contributed by atoms with Crippen molar-refractivity contribution < 1.29 is 9.18 Å². The largest absolute Gasteiger partial charge is 0.333 e. The molecule has 1 amide bonds. The van der Waals surface area contributed by atoms with Crippen LogP contribution in [-0.2, 0) is 12.8 Å². The second-order valence-electron chi connectivity index (χ2n) is 7.91. The average molecular weight is 407 g/mol. The Morgan fingerprint density at radius 1 is 1.29 bits per heavy atom. The standard InChI is InChI=1S/C21H27FN4O.ClH/c1-13-9-10-19(16(22)12-13)26-18-8-5-6-15(18)20(24-26)21(27)25-11-4-3-7-17(25)14(2)23;/h9-10,12,14,17H,3-8,11,23H2,1-2H3;1H. The van der Waals surface area contributed by atoms with Crippen LogP contribution >= 0.6 is 12.4 Å². The summed E-state index contributed by atoms with van der Waals surface area (Å²) in [5, 5.41) is 4.61. The number of halogens is 2. The summed E-state index contributed by atoms with van der Waals surface area (Å²) in [4.78, 5) is 15.3. The maximum atomic E-state index is 14.6. The Morgan fingerprint density at radius 3 is 2.79 bits per heavy atom. The maximum absolute atomic E-state index is 14.6. The van der Waals surface area contributed by atoms with Crippen molar-refractivity contribution in [1.29, 1.82) is 0 Å². The van der Waals surface area contributed by atoms with Gasteiger partial charge in [-0.2, -0.15) is 5.10 Å². The Morgan fingerprint density at radius 2 is 2.07 bits per heavy atom. The van der Waals surface area contributed by atoms with Gasteiger partial charge in [0, 0.05) is 29.9 Å². The number of carbonyl (C=O) groups excluding carboxylic acids is 1. The third-order valence-corrected chi connectivity index (χ3v) is 5.88. The number of carbonyl (C=O) groups is 1. The maximum Gasteiger partial charge on any atom is 0.274 e. The van der Waals surface area contributed by atoms with Gasteiger partial charge in [0.1, 0.15) is 11.5 Å². The van der Waals surface area contributed by atoms with Gasteiger partial charge >= 0.3 is 0 Å². The van der Waals surface area contributed by atoms with Gasteiger partial charge in [0.25, 0.3) is 5.91 Å². The highest BCUT2D eigenvalue weighted by Crippen LogP contribution is 2.31. The number of hydrogen-bond acceptors (Lipinski definition) is 3. The summed E-state index contributed by atoms with van der Waals surface area (Å²) in [6.07, 6.45) is 5.62. The van der Waals surface area contributed by atoms with Crippen LogP contribution in [-0.4, -0.2) is 39.2 Å². The summed E-state index contributed by atoms with van der Waals surface area (Å²) in [7, 11) is 0. The number of piperidine rings is 1. The molecular formula is C21H28ClFN4O. The second kappa shape index (κ2) is 8.21. The minimum Gasteiger partial charge on any atom is -0.333 e. The van der Waals surface area contributed by atoms with Gasteiger partial charge in [-0.05, 0) is 70.1 Å². The Labute approximate surface area is 171 Å². The molecule has 2 unspecified atom stereocenters. The fourth-order valence-corrected chi connectivity index (χ4v) is 4.48. The molecule has 1 saturated heterocycles. The van der Waals surface area contributed by atoms with Gasteiger partial charge in [-0.15, -0.1) is 12.4 Å². The van der Waals surface area contributed by atoms with E-state index in [1.54, 1.807) is 10.7 Å². The lowest BCUT2D eigenvalue weighted by Gasteiger charge is -2.37. The Bertz CT molecular complexity index is 880. The molecule has 1 aromatic heterocycles. The van der Waals surface area contributed by atoms with Crippen molar-refractivity contribution in [2.45, 2.75) is 64.5 Å². The molecule has 0 saturated carbocycles. The summed E-state index contributed by atoms with van der Waals surface area (Å²) in [5.41, 5.74) is 9.86. The number of fused-ring (bicyclic) bond motifs is 1. The van der Waals surface area contributed by atoms with Gasteiger partial charge in [-0.25, -0.2) is 9.07 Å². The van der Waals surface area contributed by atoms with E-state index in [4.69, 9.17) is 5.73 Å². The summed E-state index contributed by atoms with van der Waals surface area (Å²) < 4.78 is 16.2. The molecule has 5 nitrogen and oxygen atoms in total. The number of benzene rings is 1. The quantitative estimate of drug-likeness (QED) is 0.847. The molecule has 1 aliphatic heterocycles. The molecule has 2 aromatic rings. The number of aryl methyl sites for hydroxylation is 1. The number of likely N-dealkylation sites (tertiary alicyclic amines) is 1. The zero-order valence-corrected chi connectivity index (χ0v) is 17.3. The molecule has 2 N–H and O–H groups in total. The SMILES string of the molecule is Cc1ccc(-n2nc(C(=O)N3CCCCC3C(C)N)c3c2CCC3)c(F)c1.Cl. The summed E-state index contributed by atoms with van der Waals surface area (Å²) in [5.74, 6) is -0.362. The predicted octanol–water partition coefficient (Wildman–Crippen LogP) is 3.57. The van der Waals surface area contributed by atoms with E-state index in [-0.39, 0.29) is 36.2 Å². The number of hydrogen-bond donors (Lipinski definition) is 1. The molecule has 2 aliphatic rings. The number of nitrogens with two attached hydrogens (primary N) is 1. The fourth-order valence-electron chi connectivity index (χ4n) is 4.48. The number of nitrogens with zero attached hydrogens (tertiary/aromatic N) is 3. The third kappa shape index (κ3) is 3.55. The fraction of sp³-hybridized carbons (Fsp3) is 0.524. The molecule has 152 valence electrons. The van der Waals surface area contributed by atoms with Gasteiger partial charge in [0.2, 0.25) is 0 Å². The first-order valence-corrected chi connectivity index (χ1v) is 9.91. The van der Waals surface area contributed by atoms with Crippen LogP contribution in [0, 0.1) is 12.7 Å². The summed E-state index contributed by atoms with van der Waals surface area (Å²) in [6, 6.07) is 5.11. The molecule has 1 aliphatic carbocycles. The topological polar surface area (TPSA) is 64.2 Å². The number of rotatable bonds is 3. The van der Waals surface area contributed by atoms with E-state index < -0.39 is 0 Å². The molecule has 1 fully saturated rings. The molecule has 0 radical (unpaired) electrons. The van der Waals surface area contributed by atoms with Crippen molar-refractivity contribution in [1.82, 2.24) is 14.7 Å². The molecule has 2 heterocycles. The van der Waals surface area contributed by atoms with Crippen molar-refractivity contribution >= 4 is 18.3 Å². The molecule has 2 atom stereocenters. The van der Waals surface area contributed by atoms with Crippen LogP contribution in [0.3, 0.4) is 0 Å². The van der Waals surface area contributed by atoms with Crippen molar-refractivity contribution in [2.75, 3.05) is 6.54 Å². The van der Waals surface area contributed by atoms with Crippen molar-refractivity contribution in [3.8, 4) is 5.69 Å². The minimum atomic E-state index is -0.308. The average Bonchev–Trinajstić information content (AvgIpc) is 3.24. The molecule has 0 bridgehead atoms. The molecule has 7 heteroatoms. The molecule has 0 spiro atoms. The van der Waals surface area contributed by atoms with Crippen molar-refractivity contribution in [3.63, 3.8) is 0 Å². The van der Waals surface area contributed by atoms with E-state index in [2.05, 4.69) is 5.10 Å². The van der Waals surface area contributed by atoms with E-state index >= 15 is 0 Å². The Balaban J connectivity index is 0.00000225. The van der Waals surface area contributed by atoms with E-state index in [1.807, 2.05) is 24.8 Å². The van der Waals surface area contributed by atoms with Gasteiger partial charge in [-0.3, -0.25) is 4.79 Å². The van der Waals surface area contributed by atoms with E-state index in [9.17, 15) is 9.18 Å². The van der Waals surface area contributed by atoms with Crippen LogP contribution < -0.4 is 5.73 Å². The molecule has 1 aromatic carbocycles. The zero-order valence-electron chi connectivity index (χ0n) is 16.4. The second-order valence-corrected chi connectivity index (χ2v) is 7.91. The lowest BCUT2D eigenvalue weighted by Crippen LogP contribution is -2.51. The summed E-state index contributed by atoms with van der Waals surface area (Å²) >= 11 is 0. The van der Waals surface area contributed by atoms with Crippen LogP contribution in [0.5, 0.6) is 0 Å².